The van der Waals surface area contributed by atoms with Crippen molar-refractivity contribution in [2.75, 3.05) is 11.5 Å². The number of hydrogen-bond donors (Lipinski definition) is 0. The summed E-state index contributed by atoms with van der Waals surface area (Å²) < 4.78 is 2.04. The minimum Gasteiger partial charge on any atom is -0.270 e. The highest BCUT2D eigenvalue weighted by molar-refractivity contribution is 9.09. The van der Waals surface area contributed by atoms with E-state index in [1.54, 1.807) is 0 Å². The van der Waals surface area contributed by atoms with Gasteiger partial charge in [0.2, 0.25) is 0 Å². The summed E-state index contributed by atoms with van der Waals surface area (Å²) in [4.78, 5) is 0.673. The van der Waals surface area contributed by atoms with Gasteiger partial charge in [-0.3, -0.25) is 4.68 Å². The van der Waals surface area contributed by atoms with Crippen molar-refractivity contribution < 1.29 is 0 Å². The standard InChI is InChI=1S/C11H17BrN2S/c1-8(2)14-4-3-10(13-14)5-9-6-15-7-11(9)12/h3-4,8-9,11H,5-7H2,1-2H3. The summed E-state index contributed by atoms with van der Waals surface area (Å²) in [6, 6.07) is 2.62. The molecule has 2 unspecified atom stereocenters. The number of rotatable bonds is 3. The Morgan fingerprint density at radius 1 is 1.60 bits per heavy atom. The van der Waals surface area contributed by atoms with E-state index in [4.69, 9.17) is 0 Å². The fourth-order valence-electron chi connectivity index (χ4n) is 1.80. The molecule has 0 N–H and O–H groups in total. The minimum atomic E-state index is 0.469. The highest BCUT2D eigenvalue weighted by atomic mass is 79.9. The van der Waals surface area contributed by atoms with Gasteiger partial charge >= 0.3 is 0 Å². The first-order valence-electron chi connectivity index (χ1n) is 5.42. The topological polar surface area (TPSA) is 17.8 Å². The number of thioether (sulfide) groups is 1. The van der Waals surface area contributed by atoms with Gasteiger partial charge in [-0.05, 0) is 38.0 Å². The van der Waals surface area contributed by atoms with Gasteiger partial charge in [-0.25, -0.2) is 0 Å². The Morgan fingerprint density at radius 3 is 2.93 bits per heavy atom. The van der Waals surface area contributed by atoms with E-state index >= 15 is 0 Å². The first-order chi connectivity index (χ1) is 7.16. The highest BCUT2D eigenvalue weighted by Crippen LogP contribution is 2.31. The van der Waals surface area contributed by atoms with Crippen LogP contribution >= 0.6 is 27.7 Å². The SMILES string of the molecule is CC(C)n1ccc(CC2CSCC2Br)n1. The number of halogens is 1. The van der Waals surface area contributed by atoms with Crippen molar-refractivity contribution >= 4 is 27.7 Å². The maximum atomic E-state index is 4.59. The van der Waals surface area contributed by atoms with Crippen molar-refractivity contribution in [2.24, 2.45) is 5.92 Å². The first-order valence-corrected chi connectivity index (χ1v) is 7.49. The molecular formula is C11H17BrN2S. The molecule has 1 aromatic heterocycles. The van der Waals surface area contributed by atoms with Gasteiger partial charge in [0.05, 0.1) is 5.69 Å². The van der Waals surface area contributed by atoms with E-state index in [1.807, 2.05) is 16.4 Å². The van der Waals surface area contributed by atoms with Gasteiger partial charge in [0, 0.05) is 22.8 Å². The number of nitrogens with zero attached hydrogens (tertiary/aromatic N) is 2. The fourth-order valence-corrected chi connectivity index (χ4v) is 4.27. The predicted molar refractivity (Wildman–Crippen MR) is 69.8 cm³/mol. The monoisotopic (exact) mass is 288 g/mol. The van der Waals surface area contributed by atoms with Crippen LogP contribution in [0.1, 0.15) is 25.6 Å². The van der Waals surface area contributed by atoms with Crippen LogP contribution in [0.2, 0.25) is 0 Å². The van der Waals surface area contributed by atoms with Gasteiger partial charge in [-0.2, -0.15) is 16.9 Å². The Bertz CT molecular complexity index is 324. The Hall–Kier alpha value is 0.0400. The van der Waals surface area contributed by atoms with Crippen LogP contribution in [0.3, 0.4) is 0 Å². The van der Waals surface area contributed by atoms with Gasteiger partial charge in [0.1, 0.15) is 0 Å². The number of aromatic nitrogens is 2. The van der Waals surface area contributed by atoms with Crippen molar-refractivity contribution in [3.05, 3.63) is 18.0 Å². The Balaban J connectivity index is 1.98. The molecule has 1 saturated heterocycles. The quantitative estimate of drug-likeness (QED) is 0.796. The summed E-state index contributed by atoms with van der Waals surface area (Å²) in [5, 5.41) is 4.59. The molecule has 15 heavy (non-hydrogen) atoms. The average Bonchev–Trinajstić information content (AvgIpc) is 2.77. The van der Waals surface area contributed by atoms with E-state index in [0.717, 1.165) is 12.3 Å². The van der Waals surface area contributed by atoms with E-state index in [0.29, 0.717) is 10.9 Å². The van der Waals surface area contributed by atoms with Gasteiger partial charge in [-0.1, -0.05) is 15.9 Å². The lowest BCUT2D eigenvalue weighted by Crippen LogP contribution is -2.15. The van der Waals surface area contributed by atoms with E-state index in [2.05, 4.69) is 47.1 Å². The van der Waals surface area contributed by atoms with Crippen molar-refractivity contribution in [3.63, 3.8) is 0 Å². The molecule has 2 heterocycles. The lowest BCUT2D eigenvalue weighted by molar-refractivity contribution is 0.516. The molecule has 0 aromatic carbocycles. The predicted octanol–water partition coefficient (Wildman–Crippen LogP) is 3.13. The maximum Gasteiger partial charge on any atom is 0.0628 e. The van der Waals surface area contributed by atoms with Crippen LogP contribution in [0.5, 0.6) is 0 Å². The van der Waals surface area contributed by atoms with Crippen molar-refractivity contribution in [2.45, 2.75) is 31.1 Å². The van der Waals surface area contributed by atoms with Crippen LogP contribution in [-0.2, 0) is 6.42 Å². The molecule has 0 saturated carbocycles. The third-order valence-corrected chi connectivity index (χ3v) is 5.54. The normalized spacial score (nSPS) is 26.4. The van der Waals surface area contributed by atoms with E-state index in [1.165, 1.54) is 17.2 Å². The second-order valence-corrected chi connectivity index (χ2v) is 6.65. The van der Waals surface area contributed by atoms with Crippen molar-refractivity contribution in [3.8, 4) is 0 Å². The van der Waals surface area contributed by atoms with Gasteiger partial charge in [0.25, 0.3) is 0 Å². The third kappa shape index (κ3) is 2.78. The molecule has 1 fully saturated rings. The van der Waals surface area contributed by atoms with Crippen LogP contribution in [0, 0.1) is 5.92 Å². The summed E-state index contributed by atoms with van der Waals surface area (Å²) in [5.41, 5.74) is 1.24. The molecule has 0 radical (unpaired) electrons. The zero-order valence-electron chi connectivity index (χ0n) is 9.19. The maximum absolute atomic E-state index is 4.59. The average molecular weight is 289 g/mol. The van der Waals surface area contributed by atoms with Crippen molar-refractivity contribution in [1.82, 2.24) is 9.78 Å². The van der Waals surface area contributed by atoms with Crippen LogP contribution in [0.25, 0.3) is 0 Å². The molecule has 1 aromatic rings. The van der Waals surface area contributed by atoms with Gasteiger partial charge in [-0.15, -0.1) is 0 Å². The van der Waals surface area contributed by atoms with Gasteiger partial charge < -0.3 is 0 Å². The summed E-state index contributed by atoms with van der Waals surface area (Å²) in [6.45, 7) is 4.32. The third-order valence-electron chi connectivity index (χ3n) is 2.78. The molecule has 0 spiro atoms. The molecule has 1 aliphatic rings. The second-order valence-electron chi connectivity index (χ2n) is 4.40. The lowest BCUT2D eigenvalue weighted by atomic mass is 10.0. The summed E-state index contributed by atoms with van der Waals surface area (Å²) in [5.74, 6) is 3.27. The van der Waals surface area contributed by atoms with Crippen molar-refractivity contribution in [1.29, 1.82) is 0 Å². The highest BCUT2D eigenvalue weighted by Gasteiger charge is 2.26. The lowest BCUT2D eigenvalue weighted by Gasteiger charge is -2.10. The first kappa shape index (κ1) is 11.5. The van der Waals surface area contributed by atoms with Crippen LogP contribution in [0.4, 0.5) is 0 Å². The smallest absolute Gasteiger partial charge is 0.0628 e. The Labute approximate surface area is 104 Å². The largest absolute Gasteiger partial charge is 0.270 e. The van der Waals surface area contributed by atoms with Gasteiger partial charge in [0.15, 0.2) is 0 Å². The minimum absolute atomic E-state index is 0.469. The number of alkyl halides is 1. The summed E-state index contributed by atoms with van der Waals surface area (Å²) in [7, 11) is 0. The molecule has 2 rings (SSSR count). The Kier molecular flexibility index (Phi) is 3.78. The zero-order chi connectivity index (χ0) is 10.8. The fraction of sp³-hybridized carbons (Fsp3) is 0.727. The Morgan fingerprint density at radius 2 is 2.40 bits per heavy atom. The van der Waals surface area contributed by atoms with Crippen LogP contribution < -0.4 is 0 Å². The van der Waals surface area contributed by atoms with Crippen LogP contribution in [-0.4, -0.2) is 26.1 Å². The van der Waals surface area contributed by atoms with E-state index in [9.17, 15) is 0 Å². The molecular weight excluding hydrogens is 272 g/mol. The molecule has 4 heteroatoms. The van der Waals surface area contributed by atoms with E-state index in [-0.39, 0.29) is 0 Å². The summed E-state index contributed by atoms with van der Waals surface area (Å²) in [6.07, 6.45) is 3.20. The second kappa shape index (κ2) is 4.91. The zero-order valence-corrected chi connectivity index (χ0v) is 11.6. The number of hydrogen-bond acceptors (Lipinski definition) is 2. The molecule has 84 valence electrons. The molecule has 2 nitrogen and oxygen atoms in total. The summed E-state index contributed by atoms with van der Waals surface area (Å²) >= 11 is 5.78. The van der Waals surface area contributed by atoms with Crippen LogP contribution in [0.15, 0.2) is 12.3 Å². The molecule has 1 aliphatic heterocycles. The molecule has 0 amide bonds. The molecule has 0 bridgehead atoms. The molecule has 2 atom stereocenters. The van der Waals surface area contributed by atoms with E-state index < -0.39 is 0 Å². The molecule has 0 aliphatic carbocycles.